The SMILES string of the molecule is CCCCOCC(NC)c1c(C)cc(C)cc1C. The molecule has 1 unspecified atom stereocenters. The quantitative estimate of drug-likeness (QED) is 0.744. The fourth-order valence-electron chi connectivity index (χ4n) is 2.50. The summed E-state index contributed by atoms with van der Waals surface area (Å²) >= 11 is 0. The van der Waals surface area contributed by atoms with Gasteiger partial charge in [-0.1, -0.05) is 31.0 Å². The Morgan fingerprint density at radius 3 is 2.28 bits per heavy atom. The highest BCUT2D eigenvalue weighted by Gasteiger charge is 2.14. The Morgan fingerprint density at radius 1 is 1.17 bits per heavy atom. The third-order valence-corrected chi connectivity index (χ3v) is 3.36. The third-order valence-electron chi connectivity index (χ3n) is 3.36. The number of hydrogen-bond donors (Lipinski definition) is 1. The van der Waals surface area contributed by atoms with Gasteiger partial charge in [0.05, 0.1) is 12.6 Å². The number of rotatable bonds is 7. The first-order valence-electron chi connectivity index (χ1n) is 6.92. The van der Waals surface area contributed by atoms with Gasteiger partial charge in [-0.15, -0.1) is 0 Å². The lowest BCUT2D eigenvalue weighted by molar-refractivity contribution is 0.110. The predicted octanol–water partition coefficient (Wildman–Crippen LogP) is 3.69. The first-order chi connectivity index (χ1) is 8.60. The van der Waals surface area contributed by atoms with Crippen molar-refractivity contribution in [2.24, 2.45) is 0 Å². The van der Waals surface area contributed by atoms with Crippen molar-refractivity contribution in [2.75, 3.05) is 20.3 Å². The highest BCUT2D eigenvalue weighted by atomic mass is 16.5. The Kier molecular flexibility index (Phi) is 6.37. The lowest BCUT2D eigenvalue weighted by Crippen LogP contribution is -2.24. The summed E-state index contributed by atoms with van der Waals surface area (Å²) < 4.78 is 5.76. The highest BCUT2D eigenvalue weighted by Crippen LogP contribution is 2.23. The van der Waals surface area contributed by atoms with E-state index in [2.05, 4.69) is 45.1 Å². The molecule has 1 rings (SSSR count). The summed E-state index contributed by atoms with van der Waals surface area (Å²) in [6.07, 6.45) is 2.33. The lowest BCUT2D eigenvalue weighted by atomic mass is 9.94. The van der Waals surface area contributed by atoms with Gasteiger partial charge in [0, 0.05) is 6.61 Å². The number of likely N-dealkylation sites (N-methyl/N-ethyl adjacent to an activating group) is 1. The van der Waals surface area contributed by atoms with E-state index >= 15 is 0 Å². The van der Waals surface area contributed by atoms with Gasteiger partial charge < -0.3 is 10.1 Å². The first-order valence-corrected chi connectivity index (χ1v) is 6.92. The molecule has 0 spiro atoms. The molecule has 0 bridgehead atoms. The molecule has 0 amide bonds. The predicted molar refractivity (Wildman–Crippen MR) is 78.2 cm³/mol. The van der Waals surface area contributed by atoms with Crippen molar-refractivity contribution in [1.29, 1.82) is 0 Å². The largest absolute Gasteiger partial charge is 0.379 e. The summed E-state index contributed by atoms with van der Waals surface area (Å²) in [6.45, 7) is 10.3. The average molecular weight is 249 g/mol. The Hall–Kier alpha value is -0.860. The van der Waals surface area contributed by atoms with Crippen LogP contribution in [0.15, 0.2) is 12.1 Å². The Labute approximate surface area is 112 Å². The van der Waals surface area contributed by atoms with Gasteiger partial charge in [-0.25, -0.2) is 0 Å². The molecular weight excluding hydrogens is 222 g/mol. The molecule has 2 heteroatoms. The zero-order valence-electron chi connectivity index (χ0n) is 12.5. The summed E-state index contributed by atoms with van der Waals surface area (Å²) in [5.74, 6) is 0. The van der Waals surface area contributed by atoms with E-state index < -0.39 is 0 Å². The van der Waals surface area contributed by atoms with E-state index in [4.69, 9.17) is 4.74 Å². The summed E-state index contributed by atoms with van der Waals surface area (Å²) in [6, 6.07) is 4.79. The molecule has 0 aromatic heterocycles. The van der Waals surface area contributed by atoms with Crippen molar-refractivity contribution in [3.63, 3.8) is 0 Å². The molecule has 0 saturated heterocycles. The van der Waals surface area contributed by atoms with Crippen LogP contribution in [0.4, 0.5) is 0 Å². The van der Waals surface area contributed by atoms with Crippen LogP contribution in [-0.4, -0.2) is 20.3 Å². The van der Waals surface area contributed by atoms with Crippen molar-refractivity contribution in [1.82, 2.24) is 5.32 Å². The Bertz CT molecular complexity index is 350. The number of unbranched alkanes of at least 4 members (excludes halogenated alkanes) is 1. The monoisotopic (exact) mass is 249 g/mol. The lowest BCUT2D eigenvalue weighted by Gasteiger charge is -2.22. The number of nitrogens with one attached hydrogen (secondary N) is 1. The molecule has 1 aromatic carbocycles. The van der Waals surface area contributed by atoms with Gasteiger partial charge >= 0.3 is 0 Å². The molecule has 1 aromatic rings. The van der Waals surface area contributed by atoms with Crippen LogP contribution >= 0.6 is 0 Å². The average Bonchev–Trinajstić information content (AvgIpc) is 2.31. The second kappa shape index (κ2) is 7.55. The van der Waals surface area contributed by atoms with Gasteiger partial charge in [0.1, 0.15) is 0 Å². The number of ether oxygens (including phenoxy) is 1. The molecule has 18 heavy (non-hydrogen) atoms. The molecule has 1 atom stereocenters. The van der Waals surface area contributed by atoms with Crippen LogP contribution in [-0.2, 0) is 4.74 Å². The van der Waals surface area contributed by atoms with E-state index in [1.807, 2.05) is 7.05 Å². The van der Waals surface area contributed by atoms with Crippen molar-refractivity contribution in [3.8, 4) is 0 Å². The molecule has 1 N–H and O–H groups in total. The smallest absolute Gasteiger partial charge is 0.0661 e. The van der Waals surface area contributed by atoms with Crippen molar-refractivity contribution in [2.45, 2.75) is 46.6 Å². The van der Waals surface area contributed by atoms with E-state index in [0.29, 0.717) is 6.04 Å². The van der Waals surface area contributed by atoms with Gasteiger partial charge in [-0.2, -0.15) is 0 Å². The van der Waals surface area contributed by atoms with E-state index in [0.717, 1.165) is 19.6 Å². The Morgan fingerprint density at radius 2 is 1.78 bits per heavy atom. The van der Waals surface area contributed by atoms with E-state index in [1.54, 1.807) is 0 Å². The first kappa shape index (κ1) is 15.2. The van der Waals surface area contributed by atoms with Crippen LogP contribution in [0.1, 0.15) is 48.1 Å². The number of hydrogen-bond acceptors (Lipinski definition) is 2. The number of benzene rings is 1. The summed E-state index contributed by atoms with van der Waals surface area (Å²) in [5, 5.41) is 3.37. The standard InChI is InChI=1S/C16H27NO/c1-6-7-8-18-11-15(17-5)16-13(3)9-12(2)10-14(16)4/h9-10,15,17H,6-8,11H2,1-5H3. The van der Waals surface area contributed by atoms with E-state index in [9.17, 15) is 0 Å². The van der Waals surface area contributed by atoms with Gasteiger partial charge in [-0.3, -0.25) is 0 Å². The fourth-order valence-corrected chi connectivity index (χ4v) is 2.50. The molecule has 0 fully saturated rings. The van der Waals surface area contributed by atoms with Crippen LogP contribution < -0.4 is 5.32 Å². The molecule has 0 saturated carbocycles. The zero-order chi connectivity index (χ0) is 13.5. The normalized spacial score (nSPS) is 12.7. The topological polar surface area (TPSA) is 21.3 Å². The molecule has 0 aliphatic rings. The maximum atomic E-state index is 5.76. The summed E-state index contributed by atoms with van der Waals surface area (Å²) in [5.41, 5.74) is 5.42. The minimum absolute atomic E-state index is 0.294. The van der Waals surface area contributed by atoms with Gasteiger partial charge in [0.2, 0.25) is 0 Å². The maximum absolute atomic E-state index is 5.76. The highest BCUT2D eigenvalue weighted by molar-refractivity contribution is 5.39. The van der Waals surface area contributed by atoms with Crippen LogP contribution in [0.25, 0.3) is 0 Å². The van der Waals surface area contributed by atoms with Crippen LogP contribution in [0.5, 0.6) is 0 Å². The van der Waals surface area contributed by atoms with Crippen LogP contribution in [0.3, 0.4) is 0 Å². The third kappa shape index (κ3) is 4.11. The molecule has 0 radical (unpaired) electrons. The molecule has 102 valence electrons. The van der Waals surface area contributed by atoms with Crippen LogP contribution in [0, 0.1) is 20.8 Å². The molecule has 0 aliphatic heterocycles. The minimum atomic E-state index is 0.294. The Balaban J connectivity index is 2.75. The molecule has 2 nitrogen and oxygen atoms in total. The van der Waals surface area contributed by atoms with Gasteiger partial charge in [0.25, 0.3) is 0 Å². The van der Waals surface area contributed by atoms with Crippen LogP contribution in [0.2, 0.25) is 0 Å². The number of aryl methyl sites for hydroxylation is 3. The second-order valence-corrected chi connectivity index (χ2v) is 5.08. The fraction of sp³-hybridized carbons (Fsp3) is 0.625. The van der Waals surface area contributed by atoms with Crippen molar-refractivity contribution >= 4 is 0 Å². The summed E-state index contributed by atoms with van der Waals surface area (Å²) in [7, 11) is 2.01. The second-order valence-electron chi connectivity index (χ2n) is 5.08. The molecule has 0 aliphatic carbocycles. The van der Waals surface area contributed by atoms with Gasteiger partial charge in [0.15, 0.2) is 0 Å². The molecular formula is C16H27NO. The molecule has 0 heterocycles. The zero-order valence-corrected chi connectivity index (χ0v) is 12.5. The maximum Gasteiger partial charge on any atom is 0.0661 e. The van der Waals surface area contributed by atoms with Gasteiger partial charge in [-0.05, 0) is 50.9 Å². The van der Waals surface area contributed by atoms with Crippen molar-refractivity contribution in [3.05, 3.63) is 34.4 Å². The van der Waals surface area contributed by atoms with E-state index in [1.165, 1.54) is 28.7 Å². The van der Waals surface area contributed by atoms with E-state index in [-0.39, 0.29) is 0 Å². The minimum Gasteiger partial charge on any atom is -0.379 e. The van der Waals surface area contributed by atoms with Crippen molar-refractivity contribution < 1.29 is 4.74 Å². The summed E-state index contributed by atoms with van der Waals surface area (Å²) in [4.78, 5) is 0.